The fourth-order valence-electron chi connectivity index (χ4n) is 4.69. The van der Waals surface area contributed by atoms with Crippen LogP contribution in [0.25, 0.3) is 0 Å². The third-order valence-electron chi connectivity index (χ3n) is 6.02. The van der Waals surface area contributed by atoms with Gasteiger partial charge < -0.3 is 4.43 Å². The second-order valence-electron chi connectivity index (χ2n) is 9.16. The minimum Gasteiger partial charge on any atom is -0.404 e. The Morgan fingerprint density at radius 3 is 1.75 bits per heavy atom. The van der Waals surface area contributed by atoms with Crippen molar-refractivity contribution in [1.29, 1.82) is 0 Å². The van der Waals surface area contributed by atoms with E-state index in [1.165, 1.54) is 10.4 Å². The zero-order chi connectivity index (χ0) is 20.2. The molecule has 2 nitrogen and oxygen atoms in total. The smallest absolute Gasteiger partial charge is 0.261 e. The van der Waals surface area contributed by atoms with E-state index >= 15 is 0 Å². The van der Waals surface area contributed by atoms with Gasteiger partial charge in [0.05, 0.1) is 0 Å². The molecule has 0 spiro atoms. The van der Waals surface area contributed by atoms with Crippen LogP contribution in [0.1, 0.15) is 46.5 Å². The average molecular weight is 415 g/mol. The van der Waals surface area contributed by atoms with E-state index < -0.39 is 19.1 Å². The van der Waals surface area contributed by atoms with Gasteiger partial charge in [0, 0.05) is 28.9 Å². The fraction of sp³-hybridized carbons (Fsp3) is 0.500. The molecule has 2 aromatic carbocycles. The molecule has 0 heterocycles. The van der Waals surface area contributed by atoms with Crippen LogP contribution in [0.5, 0.6) is 0 Å². The molecule has 1 saturated carbocycles. The van der Waals surface area contributed by atoms with Crippen molar-refractivity contribution >= 4 is 29.5 Å². The first-order valence-corrected chi connectivity index (χ1v) is 14.1. The van der Waals surface area contributed by atoms with Gasteiger partial charge >= 0.3 is 0 Å². The van der Waals surface area contributed by atoms with Crippen LogP contribution in [0.4, 0.5) is 0 Å². The lowest BCUT2D eigenvalue weighted by atomic mass is 9.89. The number of hydrogen-bond acceptors (Lipinski definition) is 2. The predicted molar refractivity (Wildman–Crippen MR) is 123 cm³/mol. The summed E-state index contributed by atoms with van der Waals surface area (Å²) < 4.78 is 18.8. The Balaban J connectivity index is 1.95. The van der Waals surface area contributed by atoms with Gasteiger partial charge in [-0.05, 0) is 47.0 Å². The summed E-state index contributed by atoms with van der Waals surface area (Å²) in [5.41, 5.74) is 0. The van der Waals surface area contributed by atoms with Crippen LogP contribution in [0, 0.1) is 5.92 Å². The normalized spacial score (nSPS) is 22.0. The molecule has 28 heavy (non-hydrogen) atoms. The molecular formula is C24H34O2SSi. The van der Waals surface area contributed by atoms with Crippen molar-refractivity contribution in [2.45, 2.75) is 57.6 Å². The summed E-state index contributed by atoms with van der Waals surface area (Å²) in [6.45, 7) is 7.02. The van der Waals surface area contributed by atoms with Gasteiger partial charge in [0.2, 0.25) is 0 Å². The van der Waals surface area contributed by atoms with Crippen molar-refractivity contribution in [3.8, 4) is 0 Å². The van der Waals surface area contributed by atoms with Crippen molar-refractivity contribution in [2.75, 3.05) is 12.0 Å². The summed E-state index contributed by atoms with van der Waals surface area (Å²) in [7, 11) is -3.15. The molecule has 0 aliphatic heterocycles. The van der Waals surface area contributed by atoms with Crippen molar-refractivity contribution < 1.29 is 8.63 Å². The van der Waals surface area contributed by atoms with Gasteiger partial charge in [-0.25, -0.2) is 0 Å². The maximum atomic E-state index is 11.6. The molecule has 1 unspecified atom stereocenters. The Morgan fingerprint density at radius 2 is 1.36 bits per heavy atom. The summed E-state index contributed by atoms with van der Waals surface area (Å²) in [6, 6.07) is 21.8. The van der Waals surface area contributed by atoms with Gasteiger partial charge in [0.15, 0.2) is 0 Å². The van der Waals surface area contributed by atoms with E-state index in [-0.39, 0.29) is 11.1 Å². The summed E-state index contributed by atoms with van der Waals surface area (Å²) >= 11 is 0. The average Bonchev–Trinajstić information content (AvgIpc) is 2.67. The summed E-state index contributed by atoms with van der Waals surface area (Å²) in [5, 5.41) is 2.73. The molecule has 3 rings (SSSR count). The van der Waals surface area contributed by atoms with Crippen molar-refractivity contribution in [1.82, 2.24) is 0 Å². The molecule has 0 aromatic heterocycles. The maximum absolute atomic E-state index is 11.6. The number of hydrogen-bond donors (Lipinski definition) is 0. The number of rotatable bonds is 6. The molecule has 0 N–H and O–H groups in total. The predicted octanol–water partition coefficient (Wildman–Crippen LogP) is 4.50. The van der Waals surface area contributed by atoms with Crippen LogP contribution in [0.15, 0.2) is 60.7 Å². The third-order valence-corrected chi connectivity index (χ3v) is 12.1. The molecule has 1 fully saturated rings. The van der Waals surface area contributed by atoms with Crippen LogP contribution in [-0.2, 0) is 15.2 Å². The highest BCUT2D eigenvalue weighted by molar-refractivity contribution is 7.84. The Kier molecular flexibility index (Phi) is 6.95. The van der Waals surface area contributed by atoms with Gasteiger partial charge in [0.25, 0.3) is 8.32 Å². The molecule has 152 valence electrons. The second kappa shape index (κ2) is 9.06. The lowest BCUT2D eigenvalue weighted by Gasteiger charge is -2.46. The molecule has 1 aliphatic carbocycles. The molecule has 0 bridgehead atoms. The molecule has 0 amide bonds. The van der Waals surface area contributed by atoms with Crippen LogP contribution in [0.3, 0.4) is 0 Å². The van der Waals surface area contributed by atoms with Gasteiger partial charge in [0.1, 0.15) is 0 Å². The third kappa shape index (κ3) is 4.66. The molecule has 0 saturated heterocycles. The highest BCUT2D eigenvalue weighted by Gasteiger charge is 2.51. The summed E-state index contributed by atoms with van der Waals surface area (Å²) in [6.07, 6.45) is 6.52. The SMILES string of the molecule is CS(=O)CC1CCC(O[Si](c2ccccc2)(c2ccccc2)C(C)(C)C)CC1. The molecule has 2 aromatic rings. The maximum Gasteiger partial charge on any atom is 0.261 e. The van der Waals surface area contributed by atoms with Gasteiger partial charge in [-0.1, -0.05) is 81.4 Å². The summed E-state index contributed by atoms with van der Waals surface area (Å²) in [5.74, 6) is 1.43. The van der Waals surface area contributed by atoms with Crippen molar-refractivity contribution in [2.24, 2.45) is 5.92 Å². The van der Waals surface area contributed by atoms with E-state index in [1.807, 2.05) is 6.26 Å². The standard InChI is InChI=1S/C24H34O2SSi/c1-24(2,3)28(22-11-7-5-8-12-22,23-13-9-6-10-14-23)26-21-17-15-20(16-18-21)19-27(4)25/h5-14,20-21H,15-19H2,1-4H3. The van der Waals surface area contributed by atoms with Gasteiger partial charge in [-0.3, -0.25) is 4.21 Å². The molecule has 1 aliphatic rings. The Hall–Kier alpha value is -1.23. The Labute approximate surface area is 174 Å². The zero-order valence-electron chi connectivity index (χ0n) is 17.7. The minimum absolute atomic E-state index is 0.0253. The zero-order valence-corrected chi connectivity index (χ0v) is 19.5. The monoisotopic (exact) mass is 414 g/mol. The quantitative estimate of drug-likeness (QED) is 0.651. The number of benzene rings is 2. The van der Waals surface area contributed by atoms with Crippen molar-refractivity contribution in [3.63, 3.8) is 0 Å². The lowest BCUT2D eigenvalue weighted by Crippen LogP contribution is -2.67. The molecule has 0 radical (unpaired) electrons. The topological polar surface area (TPSA) is 26.3 Å². The first kappa shape index (κ1) is 21.5. The largest absolute Gasteiger partial charge is 0.404 e. The van der Waals surface area contributed by atoms with E-state index in [2.05, 4.69) is 81.4 Å². The van der Waals surface area contributed by atoms with Crippen molar-refractivity contribution in [3.05, 3.63) is 60.7 Å². The van der Waals surface area contributed by atoms with Crippen LogP contribution in [-0.4, -0.2) is 30.6 Å². The minimum atomic E-state index is -2.45. The van der Waals surface area contributed by atoms with Crippen LogP contribution < -0.4 is 10.4 Å². The van der Waals surface area contributed by atoms with E-state index in [9.17, 15) is 4.21 Å². The summed E-state index contributed by atoms with van der Waals surface area (Å²) in [4.78, 5) is 0. The Bertz CT molecular complexity index is 723. The van der Waals surface area contributed by atoms with E-state index in [0.717, 1.165) is 31.4 Å². The lowest BCUT2D eigenvalue weighted by molar-refractivity contribution is 0.126. The molecule has 1 atom stereocenters. The van der Waals surface area contributed by atoms with E-state index in [4.69, 9.17) is 4.43 Å². The second-order valence-corrected chi connectivity index (χ2v) is 14.9. The highest BCUT2D eigenvalue weighted by atomic mass is 32.2. The van der Waals surface area contributed by atoms with Gasteiger partial charge in [-0.2, -0.15) is 0 Å². The van der Waals surface area contributed by atoms with E-state index in [0.29, 0.717) is 5.92 Å². The molecule has 4 heteroatoms. The van der Waals surface area contributed by atoms with Crippen LogP contribution in [0.2, 0.25) is 5.04 Å². The first-order valence-electron chi connectivity index (χ1n) is 10.4. The van der Waals surface area contributed by atoms with E-state index in [1.54, 1.807) is 0 Å². The van der Waals surface area contributed by atoms with Gasteiger partial charge in [-0.15, -0.1) is 0 Å². The Morgan fingerprint density at radius 1 is 0.893 bits per heavy atom. The highest BCUT2D eigenvalue weighted by Crippen LogP contribution is 2.39. The van der Waals surface area contributed by atoms with Crippen LogP contribution >= 0.6 is 0 Å². The molecular weight excluding hydrogens is 380 g/mol. The fourth-order valence-corrected chi connectivity index (χ4v) is 10.4. The first-order chi connectivity index (χ1) is 13.3.